The highest BCUT2D eigenvalue weighted by atomic mass is 32.2. The third-order valence-corrected chi connectivity index (χ3v) is 4.31. The van der Waals surface area contributed by atoms with Gasteiger partial charge in [0, 0.05) is 5.69 Å². The van der Waals surface area contributed by atoms with Crippen molar-refractivity contribution in [3.63, 3.8) is 0 Å². The van der Waals surface area contributed by atoms with E-state index in [-0.39, 0.29) is 4.90 Å². The summed E-state index contributed by atoms with van der Waals surface area (Å²) in [4.78, 5) is 0.284. The lowest BCUT2D eigenvalue weighted by atomic mass is 10.2. The number of benzene rings is 2. The van der Waals surface area contributed by atoms with Gasteiger partial charge in [-0.1, -0.05) is 31.2 Å². The average molecular weight is 275 g/mol. The average Bonchev–Trinajstić information content (AvgIpc) is 2.38. The van der Waals surface area contributed by atoms with E-state index in [4.69, 9.17) is 0 Å². The summed E-state index contributed by atoms with van der Waals surface area (Å²) in [6.45, 7) is 3.96. The van der Waals surface area contributed by atoms with Crippen LogP contribution in [0.3, 0.4) is 0 Å². The minimum atomic E-state index is -3.51. The molecule has 0 aliphatic rings. The molecule has 2 aromatic rings. The maximum atomic E-state index is 12.2. The molecule has 0 radical (unpaired) electrons. The molecule has 0 fully saturated rings. The molecule has 0 aliphatic carbocycles. The highest BCUT2D eigenvalue weighted by Gasteiger charge is 2.13. The Bertz CT molecular complexity index is 661. The molecule has 2 aromatic carbocycles. The lowest BCUT2D eigenvalue weighted by molar-refractivity contribution is 0.601. The van der Waals surface area contributed by atoms with Crippen LogP contribution in [0, 0.1) is 6.92 Å². The second kappa shape index (κ2) is 5.45. The van der Waals surface area contributed by atoms with Gasteiger partial charge in [0.15, 0.2) is 0 Å². The second-order valence-corrected chi connectivity index (χ2v) is 6.15. The monoisotopic (exact) mass is 275 g/mol. The molecule has 4 heteroatoms. The maximum absolute atomic E-state index is 12.2. The standard InChI is InChI=1S/C15H17NO2S/c1-3-13-7-9-15(10-8-13)19(17,18)16-14-6-4-5-12(2)11-14/h4-11,16H,3H2,1-2H3. The van der Waals surface area contributed by atoms with E-state index >= 15 is 0 Å². The van der Waals surface area contributed by atoms with E-state index < -0.39 is 10.0 Å². The van der Waals surface area contributed by atoms with Gasteiger partial charge in [0.25, 0.3) is 10.0 Å². The van der Waals surface area contributed by atoms with Crippen molar-refractivity contribution < 1.29 is 8.42 Å². The Morgan fingerprint density at radius 1 is 1.05 bits per heavy atom. The van der Waals surface area contributed by atoms with Gasteiger partial charge in [-0.3, -0.25) is 4.72 Å². The number of hydrogen-bond acceptors (Lipinski definition) is 2. The molecule has 100 valence electrons. The van der Waals surface area contributed by atoms with Crippen LogP contribution in [0.5, 0.6) is 0 Å². The number of aryl methyl sites for hydroxylation is 2. The van der Waals surface area contributed by atoms with E-state index in [0.29, 0.717) is 5.69 Å². The van der Waals surface area contributed by atoms with Gasteiger partial charge in [-0.05, 0) is 48.7 Å². The Morgan fingerprint density at radius 3 is 2.32 bits per heavy atom. The molecule has 0 spiro atoms. The summed E-state index contributed by atoms with van der Waals surface area (Å²) in [5.41, 5.74) is 2.72. The van der Waals surface area contributed by atoms with Gasteiger partial charge in [-0.25, -0.2) is 8.42 Å². The predicted octanol–water partition coefficient (Wildman–Crippen LogP) is 3.36. The van der Waals surface area contributed by atoms with Crippen LogP contribution >= 0.6 is 0 Å². The normalized spacial score (nSPS) is 11.3. The second-order valence-electron chi connectivity index (χ2n) is 4.47. The first-order valence-electron chi connectivity index (χ1n) is 6.19. The van der Waals surface area contributed by atoms with E-state index in [2.05, 4.69) is 4.72 Å². The Kier molecular flexibility index (Phi) is 3.90. The van der Waals surface area contributed by atoms with E-state index in [0.717, 1.165) is 17.5 Å². The van der Waals surface area contributed by atoms with Crippen LogP contribution in [0.1, 0.15) is 18.1 Å². The molecular weight excluding hydrogens is 258 g/mol. The van der Waals surface area contributed by atoms with Gasteiger partial charge in [0.1, 0.15) is 0 Å². The summed E-state index contributed by atoms with van der Waals surface area (Å²) in [6, 6.07) is 14.2. The SMILES string of the molecule is CCc1ccc(S(=O)(=O)Nc2cccc(C)c2)cc1. The minimum Gasteiger partial charge on any atom is -0.280 e. The van der Waals surface area contributed by atoms with Crippen LogP contribution in [0.4, 0.5) is 5.69 Å². The van der Waals surface area contributed by atoms with E-state index in [1.165, 1.54) is 0 Å². The Balaban J connectivity index is 2.27. The zero-order chi connectivity index (χ0) is 13.9. The molecule has 0 heterocycles. The number of hydrogen-bond donors (Lipinski definition) is 1. The highest BCUT2D eigenvalue weighted by Crippen LogP contribution is 2.17. The third-order valence-electron chi connectivity index (χ3n) is 2.91. The number of anilines is 1. The van der Waals surface area contributed by atoms with Crippen molar-refractivity contribution in [2.45, 2.75) is 25.2 Å². The molecule has 1 N–H and O–H groups in total. The van der Waals surface area contributed by atoms with Gasteiger partial charge in [-0.15, -0.1) is 0 Å². The molecule has 0 atom stereocenters. The Hall–Kier alpha value is -1.81. The topological polar surface area (TPSA) is 46.2 Å². The van der Waals surface area contributed by atoms with Crippen molar-refractivity contribution in [1.82, 2.24) is 0 Å². The number of rotatable bonds is 4. The lowest BCUT2D eigenvalue weighted by Gasteiger charge is -2.09. The quantitative estimate of drug-likeness (QED) is 0.930. The summed E-state index contributed by atoms with van der Waals surface area (Å²) in [7, 11) is -3.51. The number of sulfonamides is 1. The molecular formula is C15H17NO2S. The third kappa shape index (κ3) is 3.35. The molecule has 0 bridgehead atoms. The molecule has 0 amide bonds. The summed E-state index contributed by atoms with van der Waals surface area (Å²) >= 11 is 0. The minimum absolute atomic E-state index is 0.284. The lowest BCUT2D eigenvalue weighted by Crippen LogP contribution is -2.12. The van der Waals surface area contributed by atoms with Crippen molar-refractivity contribution in [2.24, 2.45) is 0 Å². The Labute approximate surface area is 114 Å². The first-order chi connectivity index (χ1) is 9.01. The van der Waals surface area contributed by atoms with Crippen molar-refractivity contribution in [2.75, 3.05) is 4.72 Å². The predicted molar refractivity (Wildman–Crippen MR) is 77.8 cm³/mol. The molecule has 0 aromatic heterocycles. The van der Waals surface area contributed by atoms with Gasteiger partial charge in [-0.2, -0.15) is 0 Å². The van der Waals surface area contributed by atoms with Crippen molar-refractivity contribution in [3.05, 3.63) is 59.7 Å². The van der Waals surface area contributed by atoms with Crippen LogP contribution in [-0.4, -0.2) is 8.42 Å². The molecule has 0 saturated carbocycles. The van der Waals surface area contributed by atoms with E-state index in [1.54, 1.807) is 24.3 Å². The maximum Gasteiger partial charge on any atom is 0.261 e. The summed E-state index contributed by atoms with van der Waals surface area (Å²) < 4.78 is 27.0. The van der Waals surface area contributed by atoms with Gasteiger partial charge < -0.3 is 0 Å². The van der Waals surface area contributed by atoms with Crippen molar-refractivity contribution >= 4 is 15.7 Å². The van der Waals surface area contributed by atoms with Crippen molar-refractivity contribution in [3.8, 4) is 0 Å². The molecule has 3 nitrogen and oxygen atoms in total. The zero-order valence-electron chi connectivity index (χ0n) is 11.1. The fourth-order valence-corrected chi connectivity index (χ4v) is 2.88. The van der Waals surface area contributed by atoms with Crippen LogP contribution in [0.2, 0.25) is 0 Å². The van der Waals surface area contributed by atoms with Crippen LogP contribution in [0.15, 0.2) is 53.4 Å². The van der Waals surface area contributed by atoms with Crippen LogP contribution < -0.4 is 4.72 Å². The number of nitrogens with one attached hydrogen (secondary N) is 1. The summed E-state index contributed by atoms with van der Waals surface area (Å²) in [6.07, 6.45) is 0.894. The Morgan fingerprint density at radius 2 is 1.74 bits per heavy atom. The molecule has 0 aliphatic heterocycles. The smallest absolute Gasteiger partial charge is 0.261 e. The van der Waals surface area contributed by atoms with Crippen molar-refractivity contribution in [1.29, 1.82) is 0 Å². The molecule has 0 saturated heterocycles. The van der Waals surface area contributed by atoms with Crippen LogP contribution in [-0.2, 0) is 16.4 Å². The van der Waals surface area contributed by atoms with Gasteiger partial charge in [0.05, 0.1) is 4.90 Å². The molecule has 19 heavy (non-hydrogen) atoms. The van der Waals surface area contributed by atoms with E-state index in [1.807, 2.05) is 38.1 Å². The fourth-order valence-electron chi connectivity index (χ4n) is 1.83. The zero-order valence-corrected chi connectivity index (χ0v) is 11.9. The highest BCUT2D eigenvalue weighted by molar-refractivity contribution is 7.92. The van der Waals surface area contributed by atoms with Gasteiger partial charge in [0.2, 0.25) is 0 Å². The van der Waals surface area contributed by atoms with Crippen LogP contribution in [0.25, 0.3) is 0 Å². The molecule has 2 rings (SSSR count). The van der Waals surface area contributed by atoms with Gasteiger partial charge >= 0.3 is 0 Å². The summed E-state index contributed by atoms with van der Waals surface area (Å²) in [5, 5.41) is 0. The largest absolute Gasteiger partial charge is 0.280 e. The first-order valence-corrected chi connectivity index (χ1v) is 7.68. The summed E-state index contributed by atoms with van der Waals surface area (Å²) in [5.74, 6) is 0. The molecule has 0 unspecified atom stereocenters. The first kappa shape index (κ1) is 13.6. The van der Waals surface area contributed by atoms with E-state index in [9.17, 15) is 8.42 Å². The fraction of sp³-hybridized carbons (Fsp3) is 0.200.